The summed E-state index contributed by atoms with van der Waals surface area (Å²) in [7, 11) is 0. The first kappa shape index (κ1) is 12.4. The van der Waals surface area contributed by atoms with Crippen molar-refractivity contribution in [1.82, 2.24) is 15.1 Å². The van der Waals surface area contributed by atoms with E-state index < -0.39 is 0 Å². The minimum absolute atomic E-state index is 0.694. The van der Waals surface area contributed by atoms with Gasteiger partial charge in [0.05, 0.1) is 5.69 Å². The Hall–Kier alpha value is -1.61. The lowest BCUT2D eigenvalue weighted by Crippen LogP contribution is -2.30. The highest BCUT2D eigenvalue weighted by Crippen LogP contribution is 2.19. The van der Waals surface area contributed by atoms with Gasteiger partial charge in [-0.15, -0.1) is 0 Å². The van der Waals surface area contributed by atoms with E-state index in [0.29, 0.717) is 6.04 Å². The lowest BCUT2D eigenvalue weighted by Gasteiger charge is -2.23. The minimum Gasteiger partial charge on any atom is -0.310 e. The van der Waals surface area contributed by atoms with Crippen molar-refractivity contribution in [3.63, 3.8) is 0 Å². The van der Waals surface area contributed by atoms with Crippen LogP contribution >= 0.6 is 0 Å². The zero-order valence-electron chi connectivity index (χ0n) is 11.3. The summed E-state index contributed by atoms with van der Waals surface area (Å²) in [4.78, 5) is 0. The molecule has 0 aliphatic heterocycles. The summed E-state index contributed by atoms with van der Waals surface area (Å²) in [5, 5.41) is 8.03. The van der Waals surface area contributed by atoms with Crippen LogP contribution in [0.5, 0.6) is 0 Å². The molecule has 1 N–H and O–H groups in total. The van der Waals surface area contributed by atoms with E-state index in [1.165, 1.54) is 43.4 Å². The number of nitrogens with one attached hydrogen (secondary N) is 1. The van der Waals surface area contributed by atoms with Crippen molar-refractivity contribution in [2.24, 2.45) is 0 Å². The summed E-state index contributed by atoms with van der Waals surface area (Å²) in [5.41, 5.74) is 2.49. The van der Waals surface area contributed by atoms with Crippen molar-refractivity contribution >= 4 is 0 Å². The molecule has 1 aromatic heterocycles. The average molecular weight is 255 g/mol. The molecule has 19 heavy (non-hydrogen) atoms. The number of hydrogen-bond donors (Lipinski definition) is 1. The molecule has 0 spiro atoms. The smallest absolute Gasteiger partial charge is 0.0690 e. The highest BCUT2D eigenvalue weighted by atomic mass is 15.3. The van der Waals surface area contributed by atoms with Crippen LogP contribution in [0.3, 0.4) is 0 Å². The summed E-state index contributed by atoms with van der Waals surface area (Å²) in [6.45, 7) is 0.931. The van der Waals surface area contributed by atoms with Gasteiger partial charge in [-0.3, -0.25) is 0 Å². The van der Waals surface area contributed by atoms with E-state index >= 15 is 0 Å². The van der Waals surface area contributed by atoms with Gasteiger partial charge in [-0.05, 0) is 30.5 Å². The van der Waals surface area contributed by atoms with E-state index in [2.05, 4.69) is 34.7 Å². The second kappa shape index (κ2) is 6.02. The van der Waals surface area contributed by atoms with Gasteiger partial charge in [-0.2, -0.15) is 5.10 Å². The molecule has 0 atom stereocenters. The third kappa shape index (κ3) is 3.04. The lowest BCUT2D eigenvalue weighted by atomic mass is 9.95. The monoisotopic (exact) mass is 255 g/mol. The van der Waals surface area contributed by atoms with Crippen molar-refractivity contribution in [3.05, 3.63) is 48.3 Å². The van der Waals surface area contributed by atoms with Gasteiger partial charge >= 0.3 is 0 Å². The summed E-state index contributed by atoms with van der Waals surface area (Å²) in [5.74, 6) is 0. The van der Waals surface area contributed by atoms with Gasteiger partial charge in [0.1, 0.15) is 0 Å². The molecule has 2 aromatic rings. The standard InChI is InChI=1S/C16H21N3/c1-2-8-15(9-3-1)17-13-14-7-4-5-10-16(14)19-12-6-11-18-19/h4-7,10-12,15,17H,1-3,8-9,13H2. The molecule has 0 saturated heterocycles. The van der Waals surface area contributed by atoms with Crippen LogP contribution in [0.1, 0.15) is 37.7 Å². The Balaban J connectivity index is 1.70. The minimum atomic E-state index is 0.694. The molecule has 0 radical (unpaired) electrons. The normalized spacial score (nSPS) is 16.6. The SMILES string of the molecule is c1ccc(-n2cccn2)c(CNC2CCCCC2)c1. The Kier molecular flexibility index (Phi) is 3.94. The van der Waals surface area contributed by atoms with Crippen LogP contribution in [-0.4, -0.2) is 15.8 Å². The molecule has 0 bridgehead atoms. The zero-order chi connectivity index (χ0) is 12.9. The van der Waals surface area contributed by atoms with Crippen molar-refractivity contribution in [2.45, 2.75) is 44.7 Å². The van der Waals surface area contributed by atoms with Crippen LogP contribution < -0.4 is 5.32 Å². The van der Waals surface area contributed by atoms with E-state index in [1.54, 1.807) is 0 Å². The van der Waals surface area contributed by atoms with Crippen LogP contribution in [0.2, 0.25) is 0 Å². The Morgan fingerprint density at radius 2 is 1.95 bits per heavy atom. The number of hydrogen-bond acceptors (Lipinski definition) is 2. The van der Waals surface area contributed by atoms with Crippen molar-refractivity contribution in [1.29, 1.82) is 0 Å². The molecular formula is C16H21N3. The highest BCUT2D eigenvalue weighted by Gasteiger charge is 2.13. The Morgan fingerprint density at radius 3 is 2.74 bits per heavy atom. The molecule has 100 valence electrons. The highest BCUT2D eigenvalue weighted by molar-refractivity contribution is 5.40. The molecule has 1 heterocycles. The van der Waals surface area contributed by atoms with E-state index in [-0.39, 0.29) is 0 Å². The molecular weight excluding hydrogens is 234 g/mol. The summed E-state index contributed by atoms with van der Waals surface area (Å²) in [6, 6.07) is 11.1. The Labute approximate surface area is 114 Å². The topological polar surface area (TPSA) is 29.9 Å². The number of aromatic nitrogens is 2. The average Bonchev–Trinajstić information content (AvgIpc) is 3.01. The fourth-order valence-corrected chi connectivity index (χ4v) is 2.86. The van der Waals surface area contributed by atoms with Crippen LogP contribution in [0.4, 0.5) is 0 Å². The van der Waals surface area contributed by atoms with E-state index in [1.807, 2.05) is 23.1 Å². The molecule has 1 saturated carbocycles. The van der Waals surface area contributed by atoms with Gasteiger partial charge in [0.15, 0.2) is 0 Å². The molecule has 1 aliphatic carbocycles. The van der Waals surface area contributed by atoms with Crippen molar-refractivity contribution in [3.8, 4) is 5.69 Å². The maximum Gasteiger partial charge on any atom is 0.0690 e. The van der Waals surface area contributed by atoms with Gasteiger partial charge in [-0.25, -0.2) is 4.68 Å². The molecule has 3 heteroatoms. The van der Waals surface area contributed by atoms with Crippen LogP contribution in [0, 0.1) is 0 Å². The van der Waals surface area contributed by atoms with Gasteiger partial charge in [0, 0.05) is 25.0 Å². The third-order valence-electron chi connectivity index (χ3n) is 3.93. The maximum absolute atomic E-state index is 4.33. The van der Waals surface area contributed by atoms with Gasteiger partial charge in [0.2, 0.25) is 0 Å². The molecule has 3 rings (SSSR count). The first-order valence-corrected chi connectivity index (χ1v) is 7.25. The molecule has 1 aliphatic rings. The fourth-order valence-electron chi connectivity index (χ4n) is 2.86. The van der Waals surface area contributed by atoms with Crippen molar-refractivity contribution < 1.29 is 0 Å². The number of benzene rings is 1. The Bertz CT molecular complexity index is 498. The first-order valence-electron chi connectivity index (χ1n) is 7.25. The maximum atomic E-state index is 4.33. The fraction of sp³-hybridized carbons (Fsp3) is 0.438. The van der Waals surface area contributed by atoms with Crippen LogP contribution in [-0.2, 0) is 6.54 Å². The molecule has 3 nitrogen and oxygen atoms in total. The van der Waals surface area contributed by atoms with E-state index in [0.717, 1.165) is 6.54 Å². The largest absolute Gasteiger partial charge is 0.310 e. The predicted molar refractivity (Wildman–Crippen MR) is 77.3 cm³/mol. The summed E-state index contributed by atoms with van der Waals surface area (Å²) < 4.78 is 1.94. The van der Waals surface area contributed by atoms with Gasteiger partial charge in [0.25, 0.3) is 0 Å². The van der Waals surface area contributed by atoms with Gasteiger partial charge in [-0.1, -0.05) is 37.5 Å². The molecule has 0 unspecified atom stereocenters. The lowest BCUT2D eigenvalue weighted by molar-refractivity contribution is 0.372. The van der Waals surface area contributed by atoms with Crippen molar-refractivity contribution in [2.75, 3.05) is 0 Å². The van der Waals surface area contributed by atoms with Gasteiger partial charge < -0.3 is 5.32 Å². The first-order chi connectivity index (χ1) is 9.43. The zero-order valence-corrected chi connectivity index (χ0v) is 11.3. The summed E-state index contributed by atoms with van der Waals surface area (Å²) in [6.07, 6.45) is 10.6. The van der Waals surface area contributed by atoms with Crippen LogP contribution in [0.15, 0.2) is 42.7 Å². The molecule has 1 aromatic carbocycles. The predicted octanol–water partition coefficient (Wildman–Crippen LogP) is 3.29. The number of para-hydroxylation sites is 1. The number of nitrogens with zero attached hydrogens (tertiary/aromatic N) is 2. The third-order valence-corrected chi connectivity index (χ3v) is 3.93. The van der Waals surface area contributed by atoms with Crippen LogP contribution in [0.25, 0.3) is 5.69 Å². The molecule has 0 amide bonds. The Morgan fingerprint density at radius 1 is 1.11 bits per heavy atom. The van der Waals surface area contributed by atoms with E-state index in [9.17, 15) is 0 Å². The quantitative estimate of drug-likeness (QED) is 0.908. The summed E-state index contributed by atoms with van der Waals surface area (Å²) >= 11 is 0. The second-order valence-corrected chi connectivity index (χ2v) is 5.30. The second-order valence-electron chi connectivity index (χ2n) is 5.30. The van der Waals surface area contributed by atoms with E-state index in [4.69, 9.17) is 0 Å². The molecule has 1 fully saturated rings. The number of rotatable bonds is 4.